The molecule has 2 amide bonds. The number of benzene rings is 2. The summed E-state index contributed by atoms with van der Waals surface area (Å²) in [5.74, 6) is -3.92. The van der Waals surface area contributed by atoms with E-state index in [1.165, 1.54) is 12.1 Å². The fourth-order valence-corrected chi connectivity index (χ4v) is 4.99. The van der Waals surface area contributed by atoms with Crippen LogP contribution in [0.5, 0.6) is 5.75 Å². The van der Waals surface area contributed by atoms with Gasteiger partial charge in [-0.15, -0.1) is 0 Å². The molecule has 2 aliphatic carbocycles. The van der Waals surface area contributed by atoms with E-state index in [2.05, 4.69) is 5.10 Å². The first-order valence-electron chi connectivity index (χ1n) is 10.8. The molecule has 4 atom stereocenters. The molecule has 0 radical (unpaired) electrons. The predicted octanol–water partition coefficient (Wildman–Crippen LogP) is 3.97. The number of fused-ring (bicyclic) bond motifs is 5. The molecule has 1 aliphatic heterocycles. The highest BCUT2D eigenvalue weighted by Gasteiger charge is 2.59. The van der Waals surface area contributed by atoms with E-state index < -0.39 is 63.3 Å². The molecule has 5 rings (SSSR count). The Morgan fingerprint density at radius 3 is 2.33 bits per heavy atom. The zero-order valence-electron chi connectivity index (χ0n) is 18.2. The van der Waals surface area contributed by atoms with Crippen LogP contribution in [0.15, 0.2) is 59.7 Å². The number of imide groups is 1. The third kappa shape index (κ3) is 3.84. The third-order valence-electron chi connectivity index (χ3n) is 6.60. The van der Waals surface area contributed by atoms with Crippen molar-refractivity contribution in [2.75, 3.05) is 0 Å². The molecule has 4 unspecified atom stereocenters. The second-order valence-corrected chi connectivity index (χ2v) is 8.65. The van der Waals surface area contributed by atoms with Gasteiger partial charge in [0.1, 0.15) is 0 Å². The van der Waals surface area contributed by atoms with Crippen LogP contribution in [0.2, 0.25) is 0 Å². The molecule has 1 heterocycles. The molecule has 1 saturated carbocycles. The Hall–Kier alpha value is -4.35. The first-order chi connectivity index (χ1) is 17.1. The van der Waals surface area contributed by atoms with E-state index in [0.717, 1.165) is 41.9 Å². The smallest absolute Gasteiger partial charge is 0.415 e. The van der Waals surface area contributed by atoms with E-state index in [9.17, 15) is 37.7 Å². The Morgan fingerprint density at radius 1 is 1.08 bits per heavy atom. The molecule has 0 aromatic heterocycles. The molecule has 2 aromatic rings. The summed E-state index contributed by atoms with van der Waals surface area (Å²) in [6, 6.07) is 7.00. The van der Waals surface area contributed by atoms with Gasteiger partial charge in [0.15, 0.2) is 0 Å². The van der Waals surface area contributed by atoms with E-state index in [0.29, 0.717) is 6.07 Å². The minimum absolute atomic E-state index is 0.0431. The molecule has 2 aromatic carbocycles. The van der Waals surface area contributed by atoms with Gasteiger partial charge in [-0.3, -0.25) is 19.7 Å². The second-order valence-electron chi connectivity index (χ2n) is 8.65. The number of amides is 2. The largest absolute Gasteiger partial charge is 0.416 e. The van der Waals surface area contributed by atoms with Gasteiger partial charge in [0, 0.05) is 11.6 Å². The zero-order chi connectivity index (χ0) is 25.8. The number of carbonyl (C=O) groups excluding carboxylic acids is 3. The lowest BCUT2D eigenvalue weighted by molar-refractivity contribution is -0.385. The monoisotopic (exact) mass is 499 g/mol. The van der Waals surface area contributed by atoms with Gasteiger partial charge < -0.3 is 4.74 Å². The number of ether oxygens (including phenoxy) is 1. The quantitative estimate of drug-likeness (QED) is 0.117. The zero-order valence-corrected chi connectivity index (χ0v) is 18.2. The molecule has 1 saturated heterocycles. The predicted molar refractivity (Wildman–Crippen MR) is 117 cm³/mol. The first kappa shape index (κ1) is 23.4. The minimum atomic E-state index is -4.71. The summed E-state index contributed by atoms with van der Waals surface area (Å²) in [4.78, 5) is 49.0. The van der Waals surface area contributed by atoms with Crippen molar-refractivity contribution in [2.24, 2.45) is 28.8 Å². The highest BCUT2D eigenvalue weighted by molar-refractivity contribution is 6.07. The van der Waals surface area contributed by atoms with Gasteiger partial charge in [0.05, 0.1) is 34.1 Å². The number of rotatable bonds is 5. The fourth-order valence-electron chi connectivity index (χ4n) is 4.99. The molecule has 0 spiro atoms. The van der Waals surface area contributed by atoms with E-state index in [1.807, 2.05) is 12.2 Å². The Balaban J connectivity index is 1.44. The van der Waals surface area contributed by atoms with E-state index in [-0.39, 0.29) is 17.4 Å². The summed E-state index contributed by atoms with van der Waals surface area (Å²) in [6.07, 6.45) is 0.819. The molecule has 2 fully saturated rings. The number of para-hydroxylation sites is 1. The van der Waals surface area contributed by atoms with Crippen LogP contribution in [0.1, 0.15) is 27.9 Å². The number of hydrazone groups is 1. The van der Waals surface area contributed by atoms with Crippen molar-refractivity contribution >= 4 is 29.7 Å². The van der Waals surface area contributed by atoms with Gasteiger partial charge in [-0.2, -0.15) is 23.3 Å². The number of esters is 1. The van der Waals surface area contributed by atoms with Crippen LogP contribution in [0, 0.1) is 33.8 Å². The van der Waals surface area contributed by atoms with Crippen LogP contribution in [0.25, 0.3) is 0 Å². The number of alkyl halides is 3. The average Bonchev–Trinajstić information content (AvgIpc) is 3.52. The maximum absolute atomic E-state index is 13.0. The lowest BCUT2D eigenvalue weighted by atomic mass is 9.85. The molecular formula is C24H16F3N3O6. The van der Waals surface area contributed by atoms with Crippen molar-refractivity contribution in [3.63, 3.8) is 0 Å². The van der Waals surface area contributed by atoms with E-state index >= 15 is 0 Å². The maximum Gasteiger partial charge on any atom is 0.416 e. The van der Waals surface area contributed by atoms with Crippen molar-refractivity contribution in [1.82, 2.24) is 5.01 Å². The number of carbonyl (C=O) groups is 3. The first-order valence-corrected chi connectivity index (χ1v) is 10.8. The van der Waals surface area contributed by atoms with Gasteiger partial charge in [-0.1, -0.05) is 24.3 Å². The third-order valence-corrected chi connectivity index (χ3v) is 6.60. The molecule has 3 aliphatic rings. The molecular weight excluding hydrogens is 483 g/mol. The average molecular weight is 499 g/mol. The Labute approximate surface area is 201 Å². The summed E-state index contributed by atoms with van der Waals surface area (Å²) in [6.45, 7) is 0. The number of nitro benzene ring substituents is 1. The number of nitrogens with zero attached hydrogens (tertiary/aromatic N) is 3. The minimum Gasteiger partial charge on any atom is -0.415 e. The van der Waals surface area contributed by atoms with Crippen molar-refractivity contribution in [3.8, 4) is 5.75 Å². The lowest BCUT2D eigenvalue weighted by Gasteiger charge is -2.13. The highest BCUT2D eigenvalue weighted by atomic mass is 19.4. The van der Waals surface area contributed by atoms with Crippen LogP contribution >= 0.6 is 0 Å². The number of allylic oxidation sites excluding steroid dienone is 2. The van der Waals surface area contributed by atoms with Gasteiger partial charge in [-0.25, -0.2) is 4.79 Å². The van der Waals surface area contributed by atoms with Gasteiger partial charge in [-0.05, 0) is 42.5 Å². The lowest BCUT2D eigenvalue weighted by Crippen LogP contribution is -2.28. The maximum atomic E-state index is 13.0. The highest BCUT2D eigenvalue weighted by Crippen LogP contribution is 2.52. The number of nitro groups is 1. The standard InChI is InChI=1S/C24H16F3N3O6/c25-24(26,27)16-5-1-3-14(10-16)23(33)36-20-15(4-2-6-17(20)30(34)35)11-28-29-21(31)18-12-7-8-13(9-12)19(18)22(29)32/h1-8,10-13,18-19H,9H2. The SMILES string of the molecule is O=C(Oc1c(C=NN2C(=O)C3C4C=CC(C4)C3C2=O)cccc1[N+](=O)[O-])c1cccc(C(F)(F)F)c1. The Bertz CT molecular complexity index is 1340. The molecule has 0 N–H and O–H groups in total. The molecule has 2 bridgehead atoms. The Morgan fingerprint density at radius 2 is 1.72 bits per heavy atom. The molecule has 36 heavy (non-hydrogen) atoms. The summed E-state index contributed by atoms with van der Waals surface area (Å²) in [7, 11) is 0. The number of hydrogen-bond donors (Lipinski definition) is 0. The normalized spacial score (nSPS) is 24.6. The number of halogens is 3. The van der Waals surface area contributed by atoms with Gasteiger partial charge in [0.25, 0.3) is 11.8 Å². The van der Waals surface area contributed by atoms with Crippen molar-refractivity contribution in [3.05, 3.63) is 81.4 Å². The molecule has 9 nitrogen and oxygen atoms in total. The van der Waals surface area contributed by atoms with Crippen molar-refractivity contribution < 1.29 is 37.2 Å². The fraction of sp³-hybridized carbons (Fsp3) is 0.250. The summed E-state index contributed by atoms with van der Waals surface area (Å²) in [5.41, 5.74) is -2.35. The van der Waals surface area contributed by atoms with Crippen LogP contribution in [-0.2, 0) is 15.8 Å². The van der Waals surface area contributed by atoms with Crippen LogP contribution in [-0.4, -0.2) is 33.9 Å². The van der Waals surface area contributed by atoms with Crippen LogP contribution in [0.4, 0.5) is 18.9 Å². The number of hydrogen-bond acceptors (Lipinski definition) is 7. The van der Waals surface area contributed by atoms with Gasteiger partial charge in [0.2, 0.25) is 5.75 Å². The summed E-state index contributed by atoms with van der Waals surface area (Å²) in [5, 5.41) is 16.2. The second kappa shape index (κ2) is 8.40. The Kier molecular flexibility index (Phi) is 5.46. The van der Waals surface area contributed by atoms with Gasteiger partial charge >= 0.3 is 17.8 Å². The van der Waals surface area contributed by atoms with Crippen LogP contribution in [0.3, 0.4) is 0 Å². The summed E-state index contributed by atoms with van der Waals surface area (Å²) >= 11 is 0. The molecule has 12 heteroatoms. The molecule has 184 valence electrons. The summed E-state index contributed by atoms with van der Waals surface area (Å²) < 4.78 is 44.2. The van der Waals surface area contributed by atoms with E-state index in [4.69, 9.17) is 4.74 Å². The topological polar surface area (TPSA) is 119 Å². The van der Waals surface area contributed by atoms with E-state index in [1.54, 1.807) is 0 Å². The van der Waals surface area contributed by atoms with Crippen molar-refractivity contribution in [2.45, 2.75) is 12.6 Å². The van der Waals surface area contributed by atoms with Crippen LogP contribution < -0.4 is 4.74 Å². The van der Waals surface area contributed by atoms with Crippen molar-refractivity contribution in [1.29, 1.82) is 0 Å².